The van der Waals surface area contributed by atoms with Crippen molar-refractivity contribution < 1.29 is 18.7 Å². The Morgan fingerprint density at radius 2 is 1.75 bits per heavy atom. The third-order valence-corrected chi connectivity index (χ3v) is 3.49. The molecule has 2 amide bonds. The quantitative estimate of drug-likeness (QED) is 0.795. The van der Waals surface area contributed by atoms with E-state index < -0.39 is 24.2 Å². The summed E-state index contributed by atoms with van der Waals surface area (Å²) in [6.07, 6.45) is -0.0372. The number of amides is 2. The van der Waals surface area contributed by atoms with Gasteiger partial charge in [-0.1, -0.05) is 41.4 Å². The standard InChI is InChI=1S/C16H13Cl2FN2O3/c17-11-6-5-10(12(18)8-11)7-15(22)20-21-16(23)9-24-14-4-2-1-3-13(14)19/h1-6,8H,7,9H2,(H,20,22)(H,21,23). The van der Waals surface area contributed by atoms with Crippen LogP contribution in [0.2, 0.25) is 10.0 Å². The zero-order valence-electron chi connectivity index (χ0n) is 12.3. The van der Waals surface area contributed by atoms with E-state index in [1.165, 1.54) is 24.3 Å². The number of hydrogen-bond acceptors (Lipinski definition) is 3. The molecular weight excluding hydrogens is 358 g/mol. The van der Waals surface area contributed by atoms with Crippen molar-refractivity contribution in [3.05, 3.63) is 63.9 Å². The first-order valence-corrected chi connectivity index (χ1v) is 7.60. The summed E-state index contributed by atoms with van der Waals surface area (Å²) in [4.78, 5) is 23.3. The Kier molecular flexibility index (Phi) is 6.40. The van der Waals surface area contributed by atoms with Crippen LogP contribution in [0.15, 0.2) is 42.5 Å². The zero-order valence-corrected chi connectivity index (χ0v) is 13.8. The van der Waals surface area contributed by atoms with Crippen LogP contribution in [0.4, 0.5) is 4.39 Å². The summed E-state index contributed by atoms with van der Waals surface area (Å²) in [5.41, 5.74) is 4.95. The molecule has 2 rings (SSSR count). The van der Waals surface area contributed by atoms with Crippen molar-refractivity contribution in [1.82, 2.24) is 10.9 Å². The lowest BCUT2D eigenvalue weighted by Crippen LogP contribution is -2.44. The highest BCUT2D eigenvalue weighted by Crippen LogP contribution is 2.21. The topological polar surface area (TPSA) is 67.4 Å². The largest absolute Gasteiger partial charge is 0.481 e. The predicted molar refractivity (Wildman–Crippen MR) is 88.3 cm³/mol. The van der Waals surface area contributed by atoms with Crippen molar-refractivity contribution in [1.29, 1.82) is 0 Å². The van der Waals surface area contributed by atoms with Crippen molar-refractivity contribution in [3.63, 3.8) is 0 Å². The normalized spacial score (nSPS) is 10.1. The van der Waals surface area contributed by atoms with E-state index in [9.17, 15) is 14.0 Å². The summed E-state index contributed by atoms with van der Waals surface area (Å²) in [7, 11) is 0. The first kappa shape index (κ1) is 18.0. The second-order valence-electron chi connectivity index (χ2n) is 4.73. The van der Waals surface area contributed by atoms with Crippen LogP contribution in [0.25, 0.3) is 0 Å². The molecule has 24 heavy (non-hydrogen) atoms. The molecule has 8 heteroatoms. The molecule has 0 saturated carbocycles. The summed E-state index contributed by atoms with van der Waals surface area (Å²) < 4.78 is 18.3. The highest BCUT2D eigenvalue weighted by molar-refractivity contribution is 6.35. The van der Waals surface area contributed by atoms with Crippen molar-refractivity contribution in [2.45, 2.75) is 6.42 Å². The van der Waals surface area contributed by atoms with Crippen molar-refractivity contribution in [3.8, 4) is 5.75 Å². The Labute approximate surface area is 147 Å². The molecule has 2 N–H and O–H groups in total. The summed E-state index contributed by atoms with van der Waals surface area (Å²) >= 11 is 11.7. The monoisotopic (exact) mass is 370 g/mol. The molecule has 0 atom stereocenters. The first-order valence-electron chi connectivity index (χ1n) is 6.84. The van der Waals surface area contributed by atoms with Crippen LogP contribution in [0.1, 0.15) is 5.56 Å². The number of carbonyl (C=O) groups excluding carboxylic acids is 2. The van der Waals surface area contributed by atoms with Gasteiger partial charge >= 0.3 is 0 Å². The number of hydrogen-bond donors (Lipinski definition) is 2. The second kappa shape index (κ2) is 8.52. The molecule has 0 aliphatic heterocycles. The Hall–Kier alpha value is -2.31. The van der Waals surface area contributed by atoms with E-state index in [0.29, 0.717) is 15.6 Å². The summed E-state index contributed by atoms with van der Waals surface area (Å²) in [5, 5.41) is 0.814. The maximum Gasteiger partial charge on any atom is 0.276 e. The minimum Gasteiger partial charge on any atom is -0.481 e. The summed E-state index contributed by atoms with van der Waals surface area (Å²) in [5.74, 6) is -1.73. The van der Waals surface area contributed by atoms with Crippen molar-refractivity contribution >= 4 is 35.0 Å². The summed E-state index contributed by atoms with van der Waals surface area (Å²) in [6, 6.07) is 10.4. The highest BCUT2D eigenvalue weighted by Gasteiger charge is 2.10. The fourth-order valence-corrected chi connectivity index (χ4v) is 2.24. The molecular formula is C16H13Cl2FN2O3. The van der Waals surface area contributed by atoms with E-state index in [1.54, 1.807) is 18.2 Å². The molecule has 126 valence electrons. The van der Waals surface area contributed by atoms with Crippen LogP contribution in [0.3, 0.4) is 0 Å². The van der Waals surface area contributed by atoms with E-state index in [0.717, 1.165) is 0 Å². The number of rotatable bonds is 5. The van der Waals surface area contributed by atoms with Crippen molar-refractivity contribution in [2.75, 3.05) is 6.61 Å². The number of halogens is 3. The van der Waals surface area contributed by atoms with E-state index in [-0.39, 0.29) is 12.2 Å². The molecule has 0 aliphatic carbocycles. The Morgan fingerprint density at radius 3 is 2.46 bits per heavy atom. The van der Waals surface area contributed by atoms with Gasteiger partial charge in [-0.3, -0.25) is 20.4 Å². The first-order chi connectivity index (χ1) is 11.5. The average Bonchev–Trinajstić information content (AvgIpc) is 2.55. The number of hydrazine groups is 1. The average molecular weight is 371 g/mol. The lowest BCUT2D eigenvalue weighted by atomic mass is 10.1. The smallest absolute Gasteiger partial charge is 0.276 e. The van der Waals surface area contributed by atoms with E-state index in [1.807, 2.05) is 0 Å². The van der Waals surface area contributed by atoms with Crippen LogP contribution in [0, 0.1) is 5.82 Å². The molecule has 0 heterocycles. The van der Waals surface area contributed by atoms with Gasteiger partial charge in [0.05, 0.1) is 6.42 Å². The molecule has 2 aromatic carbocycles. The van der Waals surface area contributed by atoms with Gasteiger partial charge in [-0.2, -0.15) is 0 Å². The molecule has 0 saturated heterocycles. The van der Waals surface area contributed by atoms with Crippen LogP contribution in [-0.4, -0.2) is 18.4 Å². The molecule has 0 fully saturated rings. The zero-order chi connectivity index (χ0) is 17.5. The molecule has 0 unspecified atom stereocenters. The molecule has 5 nitrogen and oxygen atoms in total. The van der Waals surface area contributed by atoms with Crippen LogP contribution < -0.4 is 15.6 Å². The number of ether oxygens (including phenoxy) is 1. The third kappa shape index (κ3) is 5.40. The summed E-state index contributed by atoms with van der Waals surface area (Å²) in [6.45, 7) is -0.442. The minimum atomic E-state index is -0.631. The van der Waals surface area contributed by atoms with Crippen LogP contribution in [-0.2, 0) is 16.0 Å². The molecule has 0 spiro atoms. The van der Waals surface area contributed by atoms with Crippen LogP contribution >= 0.6 is 23.2 Å². The van der Waals surface area contributed by atoms with Gasteiger partial charge < -0.3 is 4.74 Å². The predicted octanol–water partition coefficient (Wildman–Crippen LogP) is 2.90. The third-order valence-electron chi connectivity index (χ3n) is 2.90. The van der Waals surface area contributed by atoms with Gasteiger partial charge in [0.1, 0.15) is 0 Å². The van der Waals surface area contributed by atoms with Crippen molar-refractivity contribution in [2.24, 2.45) is 0 Å². The number of para-hydroxylation sites is 1. The maximum absolute atomic E-state index is 13.3. The Morgan fingerprint density at radius 1 is 1.04 bits per heavy atom. The fraction of sp³-hybridized carbons (Fsp3) is 0.125. The van der Waals surface area contributed by atoms with E-state index in [2.05, 4.69) is 10.9 Å². The Bertz CT molecular complexity index is 756. The SMILES string of the molecule is O=C(COc1ccccc1F)NNC(=O)Cc1ccc(Cl)cc1Cl. The minimum absolute atomic E-state index is 0.0372. The highest BCUT2D eigenvalue weighted by atomic mass is 35.5. The molecule has 0 radical (unpaired) electrons. The van der Waals surface area contributed by atoms with Gasteiger partial charge in [-0.25, -0.2) is 4.39 Å². The lowest BCUT2D eigenvalue weighted by molar-refractivity contribution is -0.129. The van der Waals surface area contributed by atoms with Crippen LogP contribution in [0.5, 0.6) is 5.75 Å². The Balaban J connectivity index is 1.77. The van der Waals surface area contributed by atoms with Gasteiger partial charge in [0.15, 0.2) is 18.2 Å². The lowest BCUT2D eigenvalue weighted by Gasteiger charge is -2.10. The molecule has 0 bridgehead atoms. The van der Waals surface area contributed by atoms with E-state index >= 15 is 0 Å². The van der Waals surface area contributed by atoms with Gasteiger partial charge in [-0.15, -0.1) is 0 Å². The molecule has 2 aromatic rings. The maximum atomic E-state index is 13.3. The fourth-order valence-electron chi connectivity index (χ4n) is 1.76. The number of benzene rings is 2. The van der Waals surface area contributed by atoms with Gasteiger partial charge in [0, 0.05) is 10.0 Å². The van der Waals surface area contributed by atoms with Gasteiger partial charge in [0.25, 0.3) is 5.91 Å². The number of nitrogens with one attached hydrogen (secondary N) is 2. The molecule has 0 aliphatic rings. The second-order valence-corrected chi connectivity index (χ2v) is 5.57. The number of carbonyl (C=O) groups is 2. The molecule has 0 aromatic heterocycles. The van der Waals surface area contributed by atoms with Gasteiger partial charge in [-0.05, 0) is 29.8 Å². The van der Waals surface area contributed by atoms with Gasteiger partial charge in [0.2, 0.25) is 5.91 Å². The van der Waals surface area contributed by atoms with E-state index in [4.69, 9.17) is 27.9 Å².